The molecule has 0 bridgehead atoms. The topological polar surface area (TPSA) is 78.4 Å². The Hall–Kier alpha value is -5.63. The molecule has 9 aromatic rings. The van der Waals surface area contributed by atoms with E-state index in [4.69, 9.17) is 5.10 Å². The smallest absolute Gasteiger partial charge is 0.317 e. The van der Waals surface area contributed by atoms with Crippen LogP contribution in [0, 0.1) is 20.8 Å². The monoisotopic (exact) mass is 659 g/mol. The number of fused-ring (bicyclic) bond motifs is 6. The Morgan fingerprint density at radius 2 is 1.31 bits per heavy atom. The van der Waals surface area contributed by atoms with Crippen LogP contribution in [0.4, 0.5) is 0 Å². The zero-order chi connectivity index (χ0) is 33.9. The number of aromatic nitrogens is 3. The lowest BCUT2D eigenvalue weighted by atomic mass is 10.0. The Morgan fingerprint density at radius 1 is 0.694 bits per heavy atom. The Kier molecular flexibility index (Phi) is 7.39. The molecular formula is C42H33N3O3S. The van der Waals surface area contributed by atoms with E-state index >= 15 is 0 Å². The van der Waals surface area contributed by atoms with Crippen LogP contribution in [0.5, 0.6) is 0 Å². The normalized spacial score (nSPS) is 11.9. The largest absolute Gasteiger partial charge is 0.744 e. The number of nitrogens with zero attached hydrogens (tertiary/aromatic N) is 3. The summed E-state index contributed by atoms with van der Waals surface area (Å²) in [6, 6.07) is 46.7. The lowest BCUT2D eigenvalue weighted by Gasteiger charge is -2.14. The van der Waals surface area contributed by atoms with Crippen molar-refractivity contribution in [3.8, 4) is 11.1 Å². The number of rotatable bonds is 4. The fraction of sp³-hybridized carbons (Fsp3) is 0.0952. The van der Waals surface area contributed by atoms with Gasteiger partial charge in [0.15, 0.2) is 5.52 Å². The van der Waals surface area contributed by atoms with Crippen molar-refractivity contribution in [3.63, 3.8) is 0 Å². The maximum Gasteiger partial charge on any atom is 0.317 e. The summed E-state index contributed by atoms with van der Waals surface area (Å²) in [7, 11) is -4.33. The highest BCUT2D eigenvalue weighted by atomic mass is 32.2. The van der Waals surface area contributed by atoms with E-state index in [0.29, 0.717) is 11.1 Å². The number of benzene rings is 6. The van der Waals surface area contributed by atoms with E-state index in [9.17, 15) is 13.0 Å². The van der Waals surface area contributed by atoms with Crippen LogP contribution in [0.2, 0.25) is 0 Å². The average Bonchev–Trinajstić information content (AvgIpc) is 3.57. The molecule has 0 radical (unpaired) electrons. The van der Waals surface area contributed by atoms with E-state index < -0.39 is 10.1 Å². The number of para-hydroxylation sites is 2. The number of hydrogen-bond donors (Lipinski definition) is 0. The van der Waals surface area contributed by atoms with E-state index in [1.54, 1.807) is 26.0 Å². The van der Waals surface area contributed by atoms with Gasteiger partial charge in [-0.15, -0.1) is 0 Å². The van der Waals surface area contributed by atoms with Crippen LogP contribution >= 0.6 is 0 Å². The maximum absolute atomic E-state index is 10.8. The van der Waals surface area contributed by atoms with Crippen LogP contribution in [0.3, 0.4) is 0 Å². The van der Waals surface area contributed by atoms with Gasteiger partial charge < -0.3 is 4.55 Å². The number of hydrogen-bond acceptors (Lipinski definition) is 4. The summed E-state index contributed by atoms with van der Waals surface area (Å²) in [5.41, 5.74) is 10.2. The summed E-state index contributed by atoms with van der Waals surface area (Å²) in [6.45, 7) is 5.89. The molecule has 7 aromatic carbocycles. The molecule has 0 aliphatic heterocycles. The molecular weight excluding hydrogens is 627 g/mol. The zero-order valence-electron chi connectivity index (χ0n) is 27.4. The summed E-state index contributed by atoms with van der Waals surface area (Å²) in [5.74, 6) is 0. The minimum atomic E-state index is -4.33. The Bertz CT molecular complexity index is 2760. The van der Waals surface area contributed by atoms with Gasteiger partial charge in [0.05, 0.1) is 10.5 Å². The number of imidazole rings is 1. The minimum Gasteiger partial charge on any atom is -0.744 e. The first-order valence-corrected chi connectivity index (χ1v) is 17.6. The summed E-state index contributed by atoms with van der Waals surface area (Å²) >= 11 is 0. The first-order chi connectivity index (χ1) is 23.7. The second-order valence-electron chi connectivity index (χ2n) is 12.7. The SMILES string of the molecule is Cc1cc(C)c(S(=O)(=O)[O-])c(C)c1.c1ccc(C[n+]2c3ccccc3n3nc4c5cccc6cccc(c4c(-c4ccccc4)c32)c65)cc1. The third kappa shape index (κ3) is 5.19. The van der Waals surface area contributed by atoms with Crippen molar-refractivity contribution in [2.45, 2.75) is 32.2 Å². The van der Waals surface area contributed by atoms with Crippen LogP contribution in [-0.2, 0) is 16.7 Å². The van der Waals surface area contributed by atoms with E-state index in [0.717, 1.165) is 28.8 Å². The molecule has 2 heterocycles. The number of aryl methyl sites for hydroxylation is 3. The van der Waals surface area contributed by atoms with Gasteiger partial charge >= 0.3 is 5.65 Å². The average molecular weight is 660 g/mol. The van der Waals surface area contributed by atoms with Crippen LogP contribution in [0.25, 0.3) is 60.3 Å². The molecule has 0 spiro atoms. The van der Waals surface area contributed by atoms with Gasteiger partial charge in [0.25, 0.3) is 0 Å². The van der Waals surface area contributed by atoms with Crippen LogP contribution in [0.15, 0.2) is 138 Å². The van der Waals surface area contributed by atoms with Crippen molar-refractivity contribution in [3.05, 3.63) is 156 Å². The molecule has 0 amide bonds. The van der Waals surface area contributed by atoms with Crippen molar-refractivity contribution in [2.75, 3.05) is 0 Å². The first kappa shape index (κ1) is 30.7. The molecule has 49 heavy (non-hydrogen) atoms. The highest BCUT2D eigenvalue weighted by Crippen LogP contribution is 2.43. The fourth-order valence-corrected chi connectivity index (χ4v) is 8.41. The molecule has 240 valence electrons. The van der Waals surface area contributed by atoms with E-state index in [1.165, 1.54) is 49.1 Å². The van der Waals surface area contributed by atoms with E-state index in [2.05, 4.69) is 130 Å². The van der Waals surface area contributed by atoms with E-state index in [-0.39, 0.29) is 4.90 Å². The van der Waals surface area contributed by atoms with Crippen molar-refractivity contribution < 1.29 is 17.5 Å². The first-order valence-electron chi connectivity index (χ1n) is 16.2. The van der Waals surface area contributed by atoms with Gasteiger partial charge in [-0.25, -0.2) is 13.0 Å². The Morgan fingerprint density at radius 3 is 1.98 bits per heavy atom. The zero-order valence-corrected chi connectivity index (χ0v) is 28.2. The fourth-order valence-electron chi connectivity index (χ4n) is 7.50. The molecule has 0 unspecified atom stereocenters. The molecule has 0 fully saturated rings. The standard InChI is InChI=1S/C33H22N3.C9H12O3S/c1-3-11-22(12-4-1)21-35-27-19-7-8-20-28(27)36-33(35)30(24-13-5-2-6-14-24)31-25-17-9-15-23-16-10-18-26(29(23)25)32(31)34-36;1-6-4-7(2)9(8(3)5-6)13(10,11)12/h1-20H,21H2;4-5H,1-3H3,(H,10,11,12)/q+1;/p-1. The molecule has 9 rings (SSSR count). The summed E-state index contributed by atoms with van der Waals surface area (Å²) in [6.07, 6.45) is 0. The van der Waals surface area contributed by atoms with Crippen molar-refractivity contribution in [2.24, 2.45) is 0 Å². The molecule has 0 saturated heterocycles. The Balaban J connectivity index is 0.000000228. The van der Waals surface area contributed by atoms with Gasteiger partial charge in [0.2, 0.25) is 5.52 Å². The molecule has 6 nitrogen and oxygen atoms in total. The minimum absolute atomic E-state index is 0.0851. The highest BCUT2D eigenvalue weighted by molar-refractivity contribution is 7.85. The predicted molar refractivity (Wildman–Crippen MR) is 196 cm³/mol. The second-order valence-corrected chi connectivity index (χ2v) is 14.0. The summed E-state index contributed by atoms with van der Waals surface area (Å²) < 4.78 is 37.1. The van der Waals surface area contributed by atoms with Crippen molar-refractivity contribution in [1.29, 1.82) is 0 Å². The summed E-state index contributed by atoms with van der Waals surface area (Å²) in [5, 5.41) is 11.6. The van der Waals surface area contributed by atoms with Crippen molar-refractivity contribution in [1.82, 2.24) is 9.61 Å². The molecule has 0 atom stereocenters. The second kappa shape index (κ2) is 11.8. The predicted octanol–water partition coefficient (Wildman–Crippen LogP) is 8.90. The van der Waals surface area contributed by atoms with Gasteiger partial charge in [-0.3, -0.25) is 0 Å². The lowest BCUT2D eigenvalue weighted by molar-refractivity contribution is -0.636. The van der Waals surface area contributed by atoms with Gasteiger partial charge in [-0.1, -0.05) is 137 Å². The quantitative estimate of drug-likeness (QED) is 0.140. The molecule has 7 heteroatoms. The van der Waals surface area contributed by atoms with E-state index in [1.807, 2.05) is 6.92 Å². The summed E-state index contributed by atoms with van der Waals surface area (Å²) in [4.78, 5) is -0.0851. The lowest BCUT2D eigenvalue weighted by Crippen LogP contribution is -2.34. The molecule has 2 aromatic heterocycles. The van der Waals surface area contributed by atoms with Gasteiger partial charge in [0.1, 0.15) is 22.2 Å². The third-order valence-corrected chi connectivity index (χ3v) is 10.4. The van der Waals surface area contributed by atoms with Gasteiger partial charge in [-0.2, -0.15) is 0 Å². The highest BCUT2D eigenvalue weighted by Gasteiger charge is 2.29. The van der Waals surface area contributed by atoms with Gasteiger partial charge in [-0.05, 0) is 71.3 Å². The molecule has 0 N–H and O–H groups in total. The third-order valence-electron chi connectivity index (χ3n) is 9.30. The van der Waals surface area contributed by atoms with Crippen LogP contribution in [-0.4, -0.2) is 22.6 Å². The molecule has 0 aliphatic carbocycles. The molecule has 0 saturated carbocycles. The van der Waals surface area contributed by atoms with Crippen LogP contribution in [0.1, 0.15) is 22.3 Å². The molecule has 0 aliphatic rings. The Labute approximate surface area is 284 Å². The maximum atomic E-state index is 10.8. The van der Waals surface area contributed by atoms with Gasteiger partial charge in [0, 0.05) is 10.8 Å². The van der Waals surface area contributed by atoms with Crippen molar-refractivity contribution >= 4 is 59.2 Å². The van der Waals surface area contributed by atoms with Crippen LogP contribution < -0.4 is 4.57 Å².